The summed E-state index contributed by atoms with van der Waals surface area (Å²) in [6, 6.07) is -0.416. The van der Waals surface area contributed by atoms with Crippen molar-refractivity contribution < 1.29 is 45.8 Å². The molecule has 4 rings (SSSR count). The smallest absolute Gasteiger partial charge is 0.449 e. The second-order valence-corrected chi connectivity index (χ2v) is 9.70. The number of nitrogens with zero attached hydrogens (tertiary/aromatic N) is 5. The molecule has 0 aliphatic carbocycles. The summed E-state index contributed by atoms with van der Waals surface area (Å²) in [5.74, 6) is -6.60. The fourth-order valence-electron chi connectivity index (χ4n) is 4.80. The molecule has 16 heteroatoms. The van der Waals surface area contributed by atoms with Crippen molar-refractivity contribution in [2.45, 2.75) is 38.1 Å². The SMILES string of the molecule is CN1CCN(C(=O)c2nc(C(F)(F)F)n3c2CN(C(=O)C[C@@H](Cc2cc(F)c(F)cc2F)NC(=O)O)CC3)CC1. The Morgan fingerprint density at radius 3 is 2.23 bits per heavy atom. The van der Waals surface area contributed by atoms with Gasteiger partial charge < -0.3 is 29.7 Å². The third kappa shape index (κ3) is 6.32. The number of alkyl halides is 3. The Kier molecular flexibility index (Phi) is 8.28. The average Bonchev–Trinajstić information content (AvgIpc) is 3.26. The highest BCUT2D eigenvalue weighted by Crippen LogP contribution is 2.33. The van der Waals surface area contributed by atoms with Gasteiger partial charge >= 0.3 is 12.3 Å². The number of fused-ring (bicyclic) bond motifs is 1. The summed E-state index contributed by atoms with van der Waals surface area (Å²) in [5.41, 5.74) is -0.902. The van der Waals surface area contributed by atoms with Gasteiger partial charge in [0.05, 0.1) is 12.2 Å². The molecule has 2 N–H and O–H groups in total. The monoisotopic (exact) mass is 576 g/mol. The van der Waals surface area contributed by atoms with Gasteiger partial charge in [0.25, 0.3) is 5.91 Å². The molecule has 2 aromatic rings. The van der Waals surface area contributed by atoms with E-state index in [0.29, 0.717) is 25.2 Å². The van der Waals surface area contributed by atoms with Crippen LogP contribution in [0.15, 0.2) is 12.1 Å². The fraction of sp³-hybridized carbons (Fsp3) is 0.500. The lowest BCUT2D eigenvalue weighted by Gasteiger charge is -2.33. The number of halogens is 6. The first-order valence-electron chi connectivity index (χ1n) is 12.3. The number of imidazole rings is 1. The van der Waals surface area contributed by atoms with Gasteiger partial charge in [-0.05, 0) is 25.1 Å². The molecule has 2 aliphatic rings. The third-order valence-corrected chi connectivity index (χ3v) is 6.91. The van der Waals surface area contributed by atoms with Crippen LogP contribution in [0.5, 0.6) is 0 Å². The van der Waals surface area contributed by atoms with Crippen molar-refractivity contribution in [2.75, 3.05) is 39.8 Å². The summed E-state index contributed by atoms with van der Waals surface area (Å²) >= 11 is 0. The molecule has 0 saturated carbocycles. The van der Waals surface area contributed by atoms with Crippen molar-refractivity contribution in [3.05, 3.63) is 52.4 Å². The van der Waals surface area contributed by atoms with Gasteiger partial charge in [-0.2, -0.15) is 13.2 Å². The molecule has 0 bridgehead atoms. The molecule has 2 aliphatic heterocycles. The lowest BCUT2D eigenvalue weighted by Crippen LogP contribution is -2.48. The number of rotatable bonds is 6. The topological polar surface area (TPSA) is 111 Å². The van der Waals surface area contributed by atoms with Crippen LogP contribution in [0.4, 0.5) is 31.1 Å². The normalized spacial score (nSPS) is 17.0. The molecule has 0 spiro atoms. The largest absolute Gasteiger partial charge is 0.465 e. The second-order valence-electron chi connectivity index (χ2n) is 9.70. The first-order valence-corrected chi connectivity index (χ1v) is 12.3. The molecule has 1 aromatic heterocycles. The predicted octanol–water partition coefficient (Wildman–Crippen LogP) is 2.32. The van der Waals surface area contributed by atoms with E-state index < -0.39 is 78.5 Å². The van der Waals surface area contributed by atoms with Crippen LogP contribution in [-0.4, -0.2) is 93.1 Å². The summed E-state index contributed by atoms with van der Waals surface area (Å²) in [5, 5.41) is 11.2. The molecular weight excluding hydrogens is 550 g/mol. The maximum absolute atomic E-state index is 14.2. The molecule has 218 valence electrons. The minimum Gasteiger partial charge on any atom is -0.465 e. The van der Waals surface area contributed by atoms with E-state index in [9.17, 15) is 45.8 Å². The molecule has 1 saturated heterocycles. The van der Waals surface area contributed by atoms with Crippen molar-refractivity contribution >= 4 is 17.9 Å². The van der Waals surface area contributed by atoms with Crippen molar-refractivity contribution in [1.82, 2.24) is 29.6 Å². The van der Waals surface area contributed by atoms with E-state index in [1.807, 2.05) is 17.3 Å². The maximum atomic E-state index is 14.2. The Hall–Kier alpha value is -3.82. The number of piperazine rings is 1. The minimum atomic E-state index is -4.85. The van der Waals surface area contributed by atoms with Crippen molar-refractivity contribution in [3.63, 3.8) is 0 Å². The van der Waals surface area contributed by atoms with E-state index in [-0.39, 0.29) is 37.4 Å². The number of likely N-dealkylation sites (N-methyl/N-ethyl adjacent to an activating group) is 1. The Morgan fingerprint density at radius 1 is 0.975 bits per heavy atom. The summed E-state index contributed by atoms with van der Waals surface area (Å²) in [6.07, 6.45) is -7.48. The van der Waals surface area contributed by atoms with Gasteiger partial charge in [0, 0.05) is 57.8 Å². The summed E-state index contributed by atoms with van der Waals surface area (Å²) in [4.78, 5) is 45.7. The van der Waals surface area contributed by atoms with Crippen LogP contribution in [0.3, 0.4) is 0 Å². The number of benzene rings is 1. The zero-order valence-corrected chi connectivity index (χ0v) is 21.3. The molecule has 0 radical (unpaired) electrons. The average molecular weight is 576 g/mol. The highest BCUT2D eigenvalue weighted by Gasteiger charge is 2.42. The number of hydrogen-bond donors (Lipinski definition) is 2. The van der Waals surface area contributed by atoms with E-state index >= 15 is 0 Å². The zero-order valence-electron chi connectivity index (χ0n) is 21.3. The van der Waals surface area contributed by atoms with Crippen LogP contribution in [-0.2, 0) is 30.5 Å². The van der Waals surface area contributed by atoms with Gasteiger partial charge in [0.2, 0.25) is 11.7 Å². The molecule has 1 atom stereocenters. The number of carbonyl (C=O) groups excluding carboxylic acids is 2. The van der Waals surface area contributed by atoms with Gasteiger partial charge in [-0.1, -0.05) is 0 Å². The van der Waals surface area contributed by atoms with Gasteiger partial charge in [0.15, 0.2) is 17.3 Å². The predicted molar refractivity (Wildman–Crippen MR) is 126 cm³/mol. The maximum Gasteiger partial charge on any atom is 0.449 e. The molecule has 3 amide bonds. The van der Waals surface area contributed by atoms with Crippen molar-refractivity contribution in [2.24, 2.45) is 0 Å². The standard InChI is InChI=1S/C24H26F6N6O4/c1-33-2-4-34(5-3-33)21(38)20-18-12-35(6-7-36(18)22(32-20)24(28,29)30)19(37)10-14(31-23(39)40)8-13-9-16(26)17(27)11-15(13)25/h9,11,14,31H,2-8,10,12H2,1H3,(H,39,40)/t14-/m1/s1. The number of amides is 3. The third-order valence-electron chi connectivity index (χ3n) is 6.91. The van der Waals surface area contributed by atoms with Crippen LogP contribution < -0.4 is 5.32 Å². The first kappa shape index (κ1) is 29.2. The molecule has 1 aromatic carbocycles. The first-order chi connectivity index (χ1) is 18.7. The lowest BCUT2D eigenvalue weighted by atomic mass is 10.0. The molecule has 1 fully saturated rings. The van der Waals surface area contributed by atoms with Gasteiger partial charge in [-0.25, -0.2) is 22.9 Å². The lowest BCUT2D eigenvalue weighted by molar-refractivity contribution is -0.148. The van der Waals surface area contributed by atoms with Crippen LogP contribution in [0.25, 0.3) is 0 Å². The Labute approximate surface area is 224 Å². The number of aromatic nitrogens is 2. The molecule has 0 unspecified atom stereocenters. The Morgan fingerprint density at radius 2 is 1.60 bits per heavy atom. The number of carbonyl (C=O) groups is 3. The highest BCUT2D eigenvalue weighted by molar-refractivity contribution is 5.94. The second kappa shape index (κ2) is 11.3. The number of hydrogen-bond acceptors (Lipinski definition) is 5. The van der Waals surface area contributed by atoms with E-state index in [4.69, 9.17) is 0 Å². The van der Waals surface area contributed by atoms with E-state index in [1.165, 1.54) is 4.90 Å². The molecular formula is C24H26F6N6O4. The van der Waals surface area contributed by atoms with Crippen LogP contribution in [0.1, 0.15) is 34.0 Å². The Bertz CT molecular complexity index is 1310. The quantitative estimate of drug-likeness (QED) is 0.404. The summed E-state index contributed by atoms with van der Waals surface area (Å²) in [7, 11) is 1.85. The van der Waals surface area contributed by atoms with Crippen LogP contribution in [0.2, 0.25) is 0 Å². The number of nitrogens with one attached hydrogen (secondary N) is 1. The van der Waals surface area contributed by atoms with E-state index in [1.54, 1.807) is 0 Å². The molecule has 3 heterocycles. The minimum absolute atomic E-state index is 0.106. The fourth-order valence-corrected chi connectivity index (χ4v) is 4.80. The zero-order chi connectivity index (χ0) is 29.4. The summed E-state index contributed by atoms with van der Waals surface area (Å²) < 4.78 is 83.2. The highest BCUT2D eigenvalue weighted by atomic mass is 19.4. The van der Waals surface area contributed by atoms with Crippen LogP contribution >= 0.6 is 0 Å². The van der Waals surface area contributed by atoms with Crippen molar-refractivity contribution in [3.8, 4) is 0 Å². The van der Waals surface area contributed by atoms with Crippen LogP contribution in [0, 0.1) is 17.5 Å². The van der Waals surface area contributed by atoms with Gasteiger partial charge in [-0.15, -0.1) is 0 Å². The van der Waals surface area contributed by atoms with Gasteiger partial charge in [0.1, 0.15) is 5.82 Å². The molecule has 40 heavy (non-hydrogen) atoms. The molecule has 10 nitrogen and oxygen atoms in total. The van der Waals surface area contributed by atoms with Crippen molar-refractivity contribution in [1.29, 1.82) is 0 Å². The number of carboxylic acid groups (broad SMARTS) is 1. The van der Waals surface area contributed by atoms with E-state index in [0.717, 1.165) is 9.47 Å². The van der Waals surface area contributed by atoms with E-state index in [2.05, 4.69) is 4.98 Å². The van der Waals surface area contributed by atoms with Gasteiger partial charge in [-0.3, -0.25) is 9.59 Å². The summed E-state index contributed by atoms with van der Waals surface area (Å²) in [6.45, 7) is 0.685. The Balaban J connectivity index is 1.56.